The van der Waals surface area contributed by atoms with Crippen LogP contribution in [0, 0.1) is 0 Å². The van der Waals surface area contributed by atoms with Crippen molar-refractivity contribution in [3.05, 3.63) is 65.7 Å². The number of aliphatic hydroxyl groups is 1. The third kappa shape index (κ3) is 4.79. The number of hydrogen-bond donors (Lipinski definition) is 1. The van der Waals surface area contributed by atoms with E-state index in [1.54, 1.807) is 0 Å². The van der Waals surface area contributed by atoms with E-state index in [0.717, 1.165) is 11.1 Å². The summed E-state index contributed by atoms with van der Waals surface area (Å²) in [7, 11) is 0. The zero-order valence-corrected chi connectivity index (χ0v) is 18.4. The van der Waals surface area contributed by atoms with E-state index in [-0.39, 0.29) is 12.5 Å². The first-order valence-corrected chi connectivity index (χ1v) is 11.1. The first-order valence-electron chi connectivity index (χ1n) is 11.1. The SMILES string of the molecule is C[C@H]1OC(c2ccc(OCCCO)cc2)=N[C@@]1(Cc1ccccc1)C(=O)N1CCOCC1. The molecule has 2 heterocycles. The molecule has 2 aliphatic rings. The number of amides is 1. The number of aliphatic hydroxyl groups excluding tert-OH is 1. The van der Waals surface area contributed by atoms with Crippen LogP contribution in [0.5, 0.6) is 5.75 Å². The topological polar surface area (TPSA) is 80.6 Å². The van der Waals surface area contributed by atoms with Crippen LogP contribution in [0.1, 0.15) is 24.5 Å². The quantitative estimate of drug-likeness (QED) is 0.641. The van der Waals surface area contributed by atoms with Crippen molar-refractivity contribution >= 4 is 11.8 Å². The van der Waals surface area contributed by atoms with Crippen LogP contribution in [0.15, 0.2) is 59.6 Å². The first kappa shape index (κ1) is 22.3. The minimum atomic E-state index is -1.02. The van der Waals surface area contributed by atoms with E-state index < -0.39 is 11.6 Å². The second-order valence-electron chi connectivity index (χ2n) is 8.12. The Balaban J connectivity index is 1.62. The van der Waals surface area contributed by atoms with Gasteiger partial charge in [-0.3, -0.25) is 4.79 Å². The van der Waals surface area contributed by atoms with Gasteiger partial charge in [-0.2, -0.15) is 0 Å². The molecule has 0 saturated carbocycles. The van der Waals surface area contributed by atoms with Gasteiger partial charge in [0.25, 0.3) is 5.91 Å². The Morgan fingerprint density at radius 1 is 1.16 bits per heavy atom. The Morgan fingerprint density at radius 3 is 2.56 bits per heavy atom. The van der Waals surface area contributed by atoms with Crippen molar-refractivity contribution in [2.75, 3.05) is 39.5 Å². The molecule has 2 atom stereocenters. The third-order valence-electron chi connectivity index (χ3n) is 5.92. The molecule has 2 aromatic rings. The highest BCUT2D eigenvalue weighted by molar-refractivity contribution is 6.01. The normalized spacial score (nSPS) is 22.9. The lowest BCUT2D eigenvalue weighted by Gasteiger charge is -2.36. The zero-order valence-electron chi connectivity index (χ0n) is 18.4. The van der Waals surface area contributed by atoms with Crippen LogP contribution >= 0.6 is 0 Å². The summed E-state index contributed by atoms with van der Waals surface area (Å²) in [6.45, 7) is 4.68. The van der Waals surface area contributed by atoms with Crippen molar-refractivity contribution in [1.29, 1.82) is 0 Å². The number of aliphatic imine (C=N–C) groups is 1. The van der Waals surface area contributed by atoms with E-state index in [2.05, 4.69) is 0 Å². The maximum absolute atomic E-state index is 13.8. The number of morpholine rings is 1. The summed E-state index contributed by atoms with van der Waals surface area (Å²) >= 11 is 0. The summed E-state index contributed by atoms with van der Waals surface area (Å²) in [4.78, 5) is 20.5. The molecule has 4 rings (SSSR count). The molecule has 0 aliphatic carbocycles. The second kappa shape index (κ2) is 10.1. The van der Waals surface area contributed by atoms with Gasteiger partial charge in [0.2, 0.25) is 5.90 Å². The molecule has 7 heteroatoms. The molecule has 1 amide bonds. The predicted molar refractivity (Wildman–Crippen MR) is 121 cm³/mol. The molecule has 2 aromatic carbocycles. The molecule has 0 spiro atoms. The highest BCUT2D eigenvalue weighted by Crippen LogP contribution is 2.34. The van der Waals surface area contributed by atoms with Gasteiger partial charge in [0.15, 0.2) is 5.54 Å². The predicted octanol–water partition coefficient (Wildman–Crippen LogP) is 2.45. The molecule has 7 nitrogen and oxygen atoms in total. The monoisotopic (exact) mass is 438 g/mol. The minimum Gasteiger partial charge on any atom is -0.494 e. The lowest BCUT2D eigenvalue weighted by Crippen LogP contribution is -2.56. The van der Waals surface area contributed by atoms with Gasteiger partial charge >= 0.3 is 0 Å². The van der Waals surface area contributed by atoms with Gasteiger partial charge in [-0.1, -0.05) is 30.3 Å². The van der Waals surface area contributed by atoms with Crippen LogP contribution in [-0.2, 0) is 20.7 Å². The first-order chi connectivity index (χ1) is 15.6. The lowest BCUT2D eigenvalue weighted by molar-refractivity contribution is -0.143. The van der Waals surface area contributed by atoms with Crippen molar-refractivity contribution in [1.82, 2.24) is 4.90 Å². The molecule has 2 aliphatic heterocycles. The molecule has 0 radical (unpaired) electrons. The van der Waals surface area contributed by atoms with Crippen LogP contribution in [0.3, 0.4) is 0 Å². The van der Waals surface area contributed by atoms with E-state index in [1.807, 2.05) is 66.4 Å². The second-order valence-corrected chi connectivity index (χ2v) is 8.12. The summed E-state index contributed by atoms with van der Waals surface area (Å²) < 4.78 is 17.2. The maximum Gasteiger partial charge on any atom is 0.255 e. The van der Waals surface area contributed by atoms with E-state index in [4.69, 9.17) is 24.3 Å². The fourth-order valence-corrected chi connectivity index (χ4v) is 4.07. The van der Waals surface area contributed by atoms with Gasteiger partial charge in [0.05, 0.1) is 19.8 Å². The van der Waals surface area contributed by atoms with Crippen molar-refractivity contribution in [2.24, 2.45) is 4.99 Å². The molecule has 1 saturated heterocycles. The van der Waals surface area contributed by atoms with E-state index in [9.17, 15) is 4.79 Å². The van der Waals surface area contributed by atoms with Crippen molar-refractivity contribution in [3.63, 3.8) is 0 Å². The number of carbonyl (C=O) groups excluding carboxylic acids is 1. The molecule has 0 bridgehead atoms. The molecule has 1 N–H and O–H groups in total. The Bertz CT molecular complexity index is 925. The molecule has 1 fully saturated rings. The van der Waals surface area contributed by atoms with Crippen LogP contribution in [-0.4, -0.2) is 73.0 Å². The van der Waals surface area contributed by atoms with Crippen LogP contribution < -0.4 is 4.74 Å². The number of carbonyl (C=O) groups is 1. The molecule has 0 aromatic heterocycles. The van der Waals surface area contributed by atoms with Crippen molar-refractivity contribution in [2.45, 2.75) is 31.4 Å². The largest absolute Gasteiger partial charge is 0.494 e. The fourth-order valence-electron chi connectivity index (χ4n) is 4.07. The van der Waals surface area contributed by atoms with E-state index >= 15 is 0 Å². The Hall–Kier alpha value is -2.90. The number of nitrogens with zero attached hydrogens (tertiary/aromatic N) is 2. The molecule has 0 unspecified atom stereocenters. The number of hydrogen-bond acceptors (Lipinski definition) is 6. The average Bonchev–Trinajstić information content (AvgIpc) is 3.17. The molecular formula is C25H30N2O5. The number of ether oxygens (including phenoxy) is 3. The van der Waals surface area contributed by atoms with Crippen LogP contribution in [0.25, 0.3) is 0 Å². The van der Waals surface area contributed by atoms with Crippen molar-refractivity contribution < 1.29 is 24.1 Å². The minimum absolute atomic E-state index is 0.0175. The molecular weight excluding hydrogens is 408 g/mol. The van der Waals surface area contributed by atoms with Crippen molar-refractivity contribution in [3.8, 4) is 5.75 Å². The standard InChI is InChI=1S/C25H30N2O5/c1-19-25(18-20-6-3-2-4-7-20,24(29)27-12-16-30-17-13-27)26-23(32-19)21-8-10-22(11-9-21)31-15-5-14-28/h2-4,6-11,19,28H,5,12-18H2,1H3/t19-,25-/m1/s1. The van der Waals surface area contributed by atoms with E-state index in [0.29, 0.717) is 57.4 Å². The van der Waals surface area contributed by atoms with Crippen LogP contribution in [0.4, 0.5) is 0 Å². The highest BCUT2D eigenvalue weighted by Gasteiger charge is 2.52. The van der Waals surface area contributed by atoms with Gasteiger partial charge in [-0.05, 0) is 36.8 Å². The Kier molecular flexibility index (Phi) is 7.07. The Labute approximate surface area is 188 Å². The summed E-state index contributed by atoms with van der Waals surface area (Å²) in [6, 6.07) is 17.4. The van der Waals surface area contributed by atoms with Gasteiger partial charge in [0.1, 0.15) is 11.9 Å². The highest BCUT2D eigenvalue weighted by atomic mass is 16.5. The van der Waals surface area contributed by atoms with Gasteiger partial charge in [0, 0.05) is 38.1 Å². The third-order valence-corrected chi connectivity index (χ3v) is 5.92. The molecule has 32 heavy (non-hydrogen) atoms. The molecule has 170 valence electrons. The maximum atomic E-state index is 13.8. The van der Waals surface area contributed by atoms with Gasteiger partial charge in [-0.25, -0.2) is 4.99 Å². The zero-order chi connectivity index (χ0) is 22.4. The fraction of sp³-hybridized carbons (Fsp3) is 0.440. The number of benzene rings is 2. The average molecular weight is 439 g/mol. The smallest absolute Gasteiger partial charge is 0.255 e. The summed E-state index contributed by atoms with van der Waals surface area (Å²) in [6.07, 6.45) is 0.645. The van der Waals surface area contributed by atoms with E-state index in [1.165, 1.54) is 0 Å². The van der Waals surface area contributed by atoms with Gasteiger partial charge < -0.3 is 24.2 Å². The summed E-state index contributed by atoms with van der Waals surface area (Å²) in [5.74, 6) is 1.17. The summed E-state index contributed by atoms with van der Waals surface area (Å²) in [5.41, 5.74) is 0.822. The number of rotatable bonds is 8. The van der Waals surface area contributed by atoms with Gasteiger partial charge in [-0.15, -0.1) is 0 Å². The lowest BCUT2D eigenvalue weighted by atomic mass is 9.85. The summed E-state index contributed by atoms with van der Waals surface area (Å²) in [5, 5.41) is 8.90. The Morgan fingerprint density at radius 2 is 1.88 bits per heavy atom. The van der Waals surface area contributed by atoms with Crippen LogP contribution in [0.2, 0.25) is 0 Å².